The Kier molecular flexibility index (Phi) is 5.00. The van der Waals surface area contributed by atoms with Gasteiger partial charge < -0.3 is 4.42 Å². The number of rotatable bonds is 2. The van der Waals surface area contributed by atoms with E-state index < -0.39 is 0 Å². The first-order valence-electron chi connectivity index (χ1n) is 15.4. The monoisotopic (exact) mass is 574 g/mol. The number of benzene rings is 7. The normalized spacial score (nSPS) is 12.4. The summed E-state index contributed by atoms with van der Waals surface area (Å²) in [4.78, 5) is 2.41. The van der Waals surface area contributed by atoms with E-state index in [4.69, 9.17) is 4.42 Å². The summed E-state index contributed by atoms with van der Waals surface area (Å²) in [6.45, 7) is 0. The number of aromatic nitrogens is 1. The summed E-state index contributed by atoms with van der Waals surface area (Å²) >= 11 is 0. The summed E-state index contributed by atoms with van der Waals surface area (Å²) in [5, 5.41) is 5.99. The van der Waals surface area contributed by atoms with Crippen molar-refractivity contribution in [3.05, 3.63) is 158 Å². The van der Waals surface area contributed by atoms with Gasteiger partial charge in [0.15, 0.2) is 0 Å². The first kappa shape index (κ1) is 24.4. The van der Waals surface area contributed by atoms with Crippen molar-refractivity contribution in [2.75, 3.05) is 4.90 Å². The van der Waals surface area contributed by atoms with Crippen molar-refractivity contribution in [2.45, 2.75) is 0 Å². The van der Waals surface area contributed by atoms with Crippen molar-refractivity contribution in [1.29, 1.82) is 0 Å². The first-order valence-corrected chi connectivity index (χ1v) is 15.4. The molecule has 3 nitrogen and oxygen atoms in total. The van der Waals surface area contributed by atoms with Crippen molar-refractivity contribution in [3.8, 4) is 27.9 Å². The van der Waals surface area contributed by atoms with Crippen molar-refractivity contribution in [2.24, 2.45) is 0 Å². The van der Waals surface area contributed by atoms with E-state index in [9.17, 15) is 0 Å². The summed E-state index contributed by atoms with van der Waals surface area (Å²) in [7, 11) is 0. The Labute approximate surface area is 259 Å². The van der Waals surface area contributed by atoms with Crippen LogP contribution in [0.25, 0.3) is 71.6 Å². The molecule has 210 valence electrons. The second kappa shape index (κ2) is 9.22. The number of fused-ring (bicyclic) bond motifs is 12. The van der Waals surface area contributed by atoms with Gasteiger partial charge in [0, 0.05) is 38.5 Å². The zero-order chi connectivity index (χ0) is 29.5. The smallest absolute Gasteiger partial charge is 0.143 e. The van der Waals surface area contributed by atoms with E-state index in [1.165, 1.54) is 38.5 Å². The van der Waals surface area contributed by atoms with Crippen LogP contribution in [0.2, 0.25) is 0 Å². The number of hydrogen-bond donors (Lipinski definition) is 0. The van der Waals surface area contributed by atoms with Crippen LogP contribution in [0.5, 0.6) is 0 Å². The van der Waals surface area contributed by atoms with Crippen LogP contribution in [0.3, 0.4) is 0 Å². The average molecular weight is 575 g/mol. The molecule has 9 aromatic rings. The number of para-hydroxylation sites is 4. The molecule has 0 saturated heterocycles. The van der Waals surface area contributed by atoms with Crippen molar-refractivity contribution < 1.29 is 4.42 Å². The minimum absolute atomic E-state index is 0.915. The van der Waals surface area contributed by atoms with E-state index in [1.54, 1.807) is 0 Å². The highest BCUT2D eigenvalue weighted by atomic mass is 16.3. The molecule has 0 unspecified atom stereocenters. The van der Waals surface area contributed by atoms with Gasteiger partial charge in [0.05, 0.1) is 16.9 Å². The number of nitrogens with zero attached hydrogens (tertiary/aromatic N) is 2. The number of furan rings is 1. The third-order valence-corrected chi connectivity index (χ3v) is 9.32. The maximum absolute atomic E-state index is 6.38. The van der Waals surface area contributed by atoms with Gasteiger partial charge in [-0.05, 0) is 58.8 Å². The lowest BCUT2D eigenvalue weighted by atomic mass is 9.94. The SMILES string of the molecule is c1ccc2c(c1)-c1c(ccc3ccccc13)-n1c(cc3ccccc31)N2c1ccc(-c2cccc3c2oc2ccccc23)cc1. The molecule has 7 aromatic carbocycles. The fraction of sp³-hybridized carbons (Fsp3) is 0. The molecular formula is C42H26N2O. The Morgan fingerprint density at radius 2 is 1.18 bits per heavy atom. The lowest BCUT2D eigenvalue weighted by molar-refractivity contribution is 0.670. The van der Waals surface area contributed by atoms with E-state index in [2.05, 4.69) is 155 Å². The number of anilines is 3. The van der Waals surface area contributed by atoms with Crippen LogP contribution in [0.15, 0.2) is 162 Å². The number of hydrogen-bond acceptors (Lipinski definition) is 2. The average Bonchev–Trinajstić information content (AvgIpc) is 3.64. The third-order valence-electron chi connectivity index (χ3n) is 9.32. The Hall–Kier alpha value is -6.06. The van der Waals surface area contributed by atoms with Gasteiger partial charge in [-0.15, -0.1) is 0 Å². The second-order valence-electron chi connectivity index (χ2n) is 11.8. The quantitative estimate of drug-likeness (QED) is 0.205. The summed E-state index contributed by atoms with van der Waals surface area (Å²) in [6.07, 6.45) is 0. The van der Waals surface area contributed by atoms with Crippen molar-refractivity contribution in [1.82, 2.24) is 4.57 Å². The standard InChI is InChI=1S/C42H26N2O/c1-3-12-31-27(10-1)22-25-38-41(31)35-14-4-7-18-37(35)43(40-26-29-11-2-6-17-36(29)44(38)40)30-23-20-28(21-24-30)32-15-9-16-34-33-13-5-8-19-39(33)45-42(32)34/h1-26H. The van der Waals surface area contributed by atoms with E-state index >= 15 is 0 Å². The molecule has 0 bridgehead atoms. The Morgan fingerprint density at radius 3 is 2.09 bits per heavy atom. The third kappa shape index (κ3) is 3.46. The predicted molar refractivity (Wildman–Crippen MR) is 187 cm³/mol. The van der Waals surface area contributed by atoms with Gasteiger partial charge in [-0.25, -0.2) is 0 Å². The molecule has 0 aliphatic carbocycles. The highest BCUT2D eigenvalue weighted by Gasteiger charge is 2.29. The molecule has 0 fully saturated rings. The molecule has 3 heteroatoms. The van der Waals surface area contributed by atoms with Gasteiger partial charge in [0.1, 0.15) is 17.0 Å². The molecule has 0 N–H and O–H groups in total. The molecule has 1 aliphatic rings. The maximum atomic E-state index is 6.38. The zero-order valence-corrected chi connectivity index (χ0v) is 24.3. The summed E-state index contributed by atoms with van der Waals surface area (Å²) < 4.78 is 8.82. The van der Waals surface area contributed by atoms with Gasteiger partial charge in [0.25, 0.3) is 0 Å². The van der Waals surface area contributed by atoms with Crippen molar-refractivity contribution in [3.63, 3.8) is 0 Å². The molecular weight excluding hydrogens is 548 g/mol. The van der Waals surface area contributed by atoms with E-state index in [0.717, 1.165) is 50.3 Å². The Bertz CT molecular complexity index is 2600. The lowest BCUT2D eigenvalue weighted by Gasteiger charge is -2.26. The molecule has 45 heavy (non-hydrogen) atoms. The molecule has 0 saturated carbocycles. The van der Waals surface area contributed by atoms with Crippen LogP contribution in [-0.2, 0) is 0 Å². The Morgan fingerprint density at radius 1 is 0.467 bits per heavy atom. The molecule has 0 amide bonds. The van der Waals surface area contributed by atoms with Crippen LogP contribution in [0.1, 0.15) is 0 Å². The van der Waals surface area contributed by atoms with Crippen LogP contribution in [0, 0.1) is 0 Å². The van der Waals surface area contributed by atoms with Gasteiger partial charge in [0.2, 0.25) is 0 Å². The lowest BCUT2D eigenvalue weighted by Crippen LogP contribution is -2.12. The summed E-state index contributed by atoms with van der Waals surface area (Å²) in [5.41, 5.74) is 11.2. The molecule has 2 aromatic heterocycles. The maximum Gasteiger partial charge on any atom is 0.143 e. The molecule has 3 heterocycles. The first-order chi connectivity index (χ1) is 22.3. The second-order valence-corrected chi connectivity index (χ2v) is 11.8. The fourth-order valence-corrected chi connectivity index (χ4v) is 7.33. The topological polar surface area (TPSA) is 21.3 Å². The molecule has 0 spiro atoms. The van der Waals surface area contributed by atoms with E-state index in [0.29, 0.717) is 0 Å². The predicted octanol–water partition coefficient (Wildman–Crippen LogP) is 11.8. The van der Waals surface area contributed by atoms with Crippen LogP contribution in [0.4, 0.5) is 17.2 Å². The molecule has 0 atom stereocenters. The van der Waals surface area contributed by atoms with E-state index in [-0.39, 0.29) is 0 Å². The van der Waals surface area contributed by atoms with Gasteiger partial charge >= 0.3 is 0 Å². The summed E-state index contributed by atoms with van der Waals surface area (Å²) in [5.74, 6) is 1.12. The van der Waals surface area contributed by atoms with Crippen LogP contribution < -0.4 is 4.90 Å². The Balaban J connectivity index is 1.22. The van der Waals surface area contributed by atoms with Crippen LogP contribution >= 0.6 is 0 Å². The minimum atomic E-state index is 0.915. The molecule has 10 rings (SSSR count). The molecule has 1 aliphatic heterocycles. The van der Waals surface area contributed by atoms with Gasteiger partial charge in [-0.1, -0.05) is 115 Å². The van der Waals surface area contributed by atoms with Crippen molar-refractivity contribution >= 4 is 60.8 Å². The molecule has 0 radical (unpaired) electrons. The zero-order valence-electron chi connectivity index (χ0n) is 24.3. The van der Waals surface area contributed by atoms with Gasteiger partial charge in [-0.3, -0.25) is 9.47 Å². The highest BCUT2D eigenvalue weighted by Crippen LogP contribution is 2.50. The largest absolute Gasteiger partial charge is 0.455 e. The highest BCUT2D eigenvalue weighted by molar-refractivity contribution is 6.10. The van der Waals surface area contributed by atoms with Crippen LogP contribution in [-0.4, -0.2) is 4.57 Å². The fourth-order valence-electron chi connectivity index (χ4n) is 7.33. The minimum Gasteiger partial charge on any atom is -0.455 e. The van der Waals surface area contributed by atoms with E-state index in [1.807, 2.05) is 12.1 Å². The van der Waals surface area contributed by atoms with Gasteiger partial charge in [-0.2, -0.15) is 0 Å². The summed E-state index contributed by atoms with van der Waals surface area (Å²) in [6, 6.07) is 56.7.